The number of nitrogens with one attached hydrogen (secondary N) is 2. The lowest BCUT2D eigenvalue weighted by Crippen LogP contribution is -2.50. The summed E-state index contributed by atoms with van der Waals surface area (Å²) < 4.78 is 0. The molecule has 0 aromatic carbocycles. The minimum atomic E-state index is -0.300. The first kappa shape index (κ1) is 9.03. The maximum absolute atomic E-state index is 11.1. The number of carbonyl (C=O) groups is 2. The molecule has 0 saturated carbocycles. The Kier molecular flexibility index (Phi) is 3.08. The Morgan fingerprint density at radius 1 is 1.75 bits per heavy atom. The zero-order valence-electron chi connectivity index (χ0n) is 7.22. The maximum atomic E-state index is 11.1. The van der Waals surface area contributed by atoms with Crippen molar-refractivity contribution in [3.63, 3.8) is 0 Å². The normalized spacial score (nSPS) is 23.1. The van der Waals surface area contributed by atoms with E-state index >= 15 is 0 Å². The molecule has 0 bridgehead atoms. The lowest BCUT2D eigenvalue weighted by molar-refractivity contribution is -0.129. The third-order valence-corrected chi connectivity index (χ3v) is 1.94. The van der Waals surface area contributed by atoms with E-state index in [1.165, 1.54) is 0 Å². The van der Waals surface area contributed by atoms with Crippen LogP contribution in [0.15, 0.2) is 0 Å². The first-order valence-electron chi connectivity index (χ1n) is 4.31. The standard InChI is InChI=1S/C8H14N2O2/c1-2-7(11)10-6-4-3-5-9-8(6)12/h6H,2-5H2,1H3,(H,9,12)(H,10,11)/t6-/m1/s1. The van der Waals surface area contributed by atoms with E-state index in [2.05, 4.69) is 10.6 Å². The smallest absolute Gasteiger partial charge is 0.242 e. The van der Waals surface area contributed by atoms with Crippen molar-refractivity contribution < 1.29 is 9.59 Å². The van der Waals surface area contributed by atoms with Crippen LogP contribution >= 0.6 is 0 Å². The molecule has 1 heterocycles. The minimum absolute atomic E-state index is 0.0527. The highest BCUT2D eigenvalue weighted by molar-refractivity contribution is 5.87. The van der Waals surface area contributed by atoms with Crippen molar-refractivity contribution in [2.45, 2.75) is 32.2 Å². The van der Waals surface area contributed by atoms with E-state index in [1.54, 1.807) is 6.92 Å². The number of hydrogen-bond donors (Lipinski definition) is 2. The van der Waals surface area contributed by atoms with E-state index in [9.17, 15) is 9.59 Å². The molecule has 1 aliphatic heterocycles. The summed E-state index contributed by atoms with van der Waals surface area (Å²) in [6.07, 6.45) is 2.14. The van der Waals surface area contributed by atoms with Crippen LogP contribution in [0.25, 0.3) is 0 Å². The summed E-state index contributed by atoms with van der Waals surface area (Å²) >= 11 is 0. The lowest BCUT2D eigenvalue weighted by atomic mass is 10.1. The van der Waals surface area contributed by atoms with Gasteiger partial charge in [0, 0.05) is 13.0 Å². The van der Waals surface area contributed by atoms with Crippen LogP contribution in [0.3, 0.4) is 0 Å². The summed E-state index contributed by atoms with van der Waals surface area (Å²) in [4.78, 5) is 22.1. The molecule has 0 spiro atoms. The van der Waals surface area contributed by atoms with Gasteiger partial charge in [-0.3, -0.25) is 9.59 Å². The highest BCUT2D eigenvalue weighted by atomic mass is 16.2. The molecule has 1 atom stereocenters. The molecule has 0 aliphatic carbocycles. The minimum Gasteiger partial charge on any atom is -0.354 e. The number of rotatable bonds is 2. The fraction of sp³-hybridized carbons (Fsp3) is 0.750. The largest absolute Gasteiger partial charge is 0.354 e. The zero-order valence-corrected chi connectivity index (χ0v) is 7.22. The van der Waals surface area contributed by atoms with Gasteiger partial charge in [-0.05, 0) is 12.8 Å². The molecule has 1 fully saturated rings. The van der Waals surface area contributed by atoms with Crippen LogP contribution in [-0.2, 0) is 9.59 Å². The summed E-state index contributed by atoms with van der Waals surface area (Å²) in [5.41, 5.74) is 0. The second kappa shape index (κ2) is 4.09. The van der Waals surface area contributed by atoms with E-state index in [0.717, 1.165) is 19.4 Å². The Hall–Kier alpha value is -1.06. The Morgan fingerprint density at radius 3 is 3.08 bits per heavy atom. The van der Waals surface area contributed by atoms with Gasteiger partial charge in [0.2, 0.25) is 11.8 Å². The summed E-state index contributed by atoms with van der Waals surface area (Å²) in [6.45, 7) is 2.51. The van der Waals surface area contributed by atoms with Crippen molar-refractivity contribution in [2.75, 3.05) is 6.54 Å². The highest BCUT2D eigenvalue weighted by Crippen LogP contribution is 2.02. The number of carbonyl (C=O) groups excluding carboxylic acids is 2. The van der Waals surface area contributed by atoms with Crippen LogP contribution in [0.5, 0.6) is 0 Å². The van der Waals surface area contributed by atoms with Gasteiger partial charge in [-0.1, -0.05) is 6.92 Å². The third-order valence-electron chi connectivity index (χ3n) is 1.94. The Balaban J connectivity index is 2.39. The van der Waals surface area contributed by atoms with Crippen LogP contribution in [-0.4, -0.2) is 24.4 Å². The average Bonchev–Trinajstić information content (AvgIpc) is 2.09. The predicted octanol–water partition coefficient (Wildman–Crippen LogP) is -0.209. The third kappa shape index (κ3) is 2.22. The molecule has 1 rings (SSSR count). The zero-order chi connectivity index (χ0) is 8.97. The lowest BCUT2D eigenvalue weighted by Gasteiger charge is -2.22. The second-order valence-electron chi connectivity index (χ2n) is 2.91. The summed E-state index contributed by atoms with van der Waals surface area (Å²) in [5.74, 6) is -0.111. The molecule has 4 nitrogen and oxygen atoms in total. The van der Waals surface area contributed by atoms with Gasteiger partial charge in [-0.2, -0.15) is 0 Å². The number of piperidine rings is 1. The molecule has 0 radical (unpaired) electrons. The molecule has 0 aromatic heterocycles. The molecular formula is C8H14N2O2. The van der Waals surface area contributed by atoms with Crippen molar-refractivity contribution >= 4 is 11.8 Å². The molecule has 0 aromatic rings. The van der Waals surface area contributed by atoms with Gasteiger partial charge < -0.3 is 10.6 Å². The molecule has 4 heteroatoms. The van der Waals surface area contributed by atoms with Gasteiger partial charge in [0.1, 0.15) is 6.04 Å². The number of hydrogen-bond acceptors (Lipinski definition) is 2. The Bertz CT molecular complexity index is 191. The highest BCUT2D eigenvalue weighted by Gasteiger charge is 2.22. The van der Waals surface area contributed by atoms with Crippen LogP contribution in [0.2, 0.25) is 0 Å². The van der Waals surface area contributed by atoms with Crippen molar-refractivity contribution in [1.82, 2.24) is 10.6 Å². The van der Waals surface area contributed by atoms with E-state index in [4.69, 9.17) is 0 Å². The molecule has 1 saturated heterocycles. The Labute approximate surface area is 71.7 Å². The average molecular weight is 170 g/mol. The van der Waals surface area contributed by atoms with Crippen LogP contribution in [0.1, 0.15) is 26.2 Å². The molecule has 0 unspecified atom stereocenters. The van der Waals surface area contributed by atoms with Crippen molar-refractivity contribution in [3.05, 3.63) is 0 Å². The van der Waals surface area contributed by atoms with Gasteiger partial charge in [-0.15, -0.1) is 0 Å². The molecule has 2 amide bonds. The van der Waals surface area contributed by atoms with E-state index in [0.29, 0.717) is 6.42 Å². The maximum Gasteiger partial charge on any atom is 0.242 e. The molecule has 12 heavy (non-hydrogen) atoms. The Morgan fingerprint density at radius 2 is 2.50 bits per heavy atom. The predicted molar refractivity (Wildman–Crippen MR) is 44.5 cm³/mol. The molecule has 68 valence electrons. The quantitative estimate of drug-likeness (QED) is 0.602. The van der Waals surface area contributed by atoms with Gasteiger partial charge in [0.25, 0.3) is 0 Å². The van der Waals surface area contributed by atoms with E-state index in [-0.39, 0.29) is 17.9 Å². The van der Waals surface area contributed by atoms with Crippen LogP contribution in [0.4, 0.5) is 0 Å². The fourth-order valence-electron chi connectivity index (χ4n) is 1.21. The monoisotopic (exact) mass is 170 g/mol. The summed E-state index contributed by atoms with van der Waals surface area (Å²) in [7, 11) is 0. The summed E-state index contributed by atoms with van der Waals surface area (Å²) in [6, 6.07) is -0.300. The van der Waals surface area contributed by atoms with Crippen LogP contribution < -0.4 is 10.6 Å². The van der Waals surface area contributed by atoms with Gasteiger partial charge in [0.05, 0.1) is 0 Å². The fourth-order valence-corrected chi connectivity index (χ4v) is 1.21. The van der Waals surface area contributed by atoms with E-state index in [1.807, 2.05) is 0 Å². The first-order valence-corrected chi connectivity index (χ1v) is 4.31. The van der Waals surface area contributed by atoms with E-state index < -0.39 is 0 Å². The second-order valence-corrected chi connectivity index (χ2v) is 2.91. The van der Waals surface area contributed by atoms with Gasteiger partial charge >= 0.3 is 0 Å². The number of amides is 2. The van der Waals surface area contributed by atoms with Crippen molar-refractivity contribution in [2.24, 2.45) is 0 Å². The van der Waals surface area contributed by atoms with Crippen molar-refractivity contribution in [1.29, 1.82) is 0 Å². The van der Waals surface area contributed by atoms with Gasteiger partial charge in [0.15, 0.2) is 0 Å². The van der Waals surface area contributed by atoms with Gasteiger partial charge in [-0.25, -0.2) is 0 Å². The molecule has 1 aliphatic rings. The van der Waals surface area contributed by atoms with Crippen LogP contribution in [0, 0.1) is 0 Å². The molecular weight excluding hydrogens is 156 g/mol. The first-order chi connectivity index (χ1) is 5.74. The molecule has 2 N–H and O–H groups in total. The summed E-state index contributed by atoms with van der Waals surface area (Å²) in [5, 5.41) is 5.38. The SMILES string of the molecule is CCC(=O)N[C@@H]1CCCNC1=O. The topological polar surface area (TPSA) is 58.2 Å². The van der Waals surface area contributed by atoms with Crippen molar-refractivity contribution in [3.8, 4) is 0 Å².